The van der Waals surface area contributed by atoms with Crippen molar-refractivity contribution in [3.8, 4) is 0 Å². The molecule has 1 atom stereocenters. The summed E-state index contributed by atoms with van der Waals surface area (Å²) in [5.74, 6) is -1.02. The molecule has 0 aliphatic rings. The van der Waals surface area contributed by atoms with Crippen LogP contribution in [-0.2, 0) is 16.1 Å². The van der Waals surface area contributed by atoms with Crippen molar-refractivity contribution in [3.05, 3.63) is 22.6 Å². The van der Waals surface area contributed by atoms with Gasteiger partial charge in [0.25, 0.3) is 5.56 Å². The van der Waals surface area contributed by atoms with E-state index in [0.717, 1.165) is 18.8 Å². The third-order valence-corrected chi connectivity index (χ3v) is 3.23. The van der Waals surface area contributed by atoms with Gasteiger partial charge in [0.05, 0.1) is 11.9 Å². The molecule has 0 aromatic carbocycles. The molecule has 0 amide bonds. The second-order valence-corrected chi connectivity index (χ2v) is 4.52. The van der Waals surface area contributed by atoms with Gasteiger partial charge in [0.1, 0.15) is 0 Å². The molecule has 21 heavy (non-hydrogen) atoms. The van der Waals surface area contributed by atoms with E-state index in [1.54, 1.807) is 13.1 Å². The Kier molecular flexibility index (Phi) is 6.87. The molecule has 0 aliphatic heterocycles. The molecular weight excluding hydrogens is 274 g/mol. The quantitative estimate of drug-likeness (QED) is 0.731. The van der Waals surface area contributed by atoms with Crippen LogP contribution in [0.3, 0.4) is 0 Å². The van der Waals surface area contributed by atoms with E-state index in [1.165, 1.54) is 10.7 Å². The van der Waals surface area contributed by atoms with Gasteiger partial charge in [-0.2, -0.15) is 5.10 Å². The lowest BCUT2D eigenvalue weighted by atomic mass is 10.2. The summed E-state index contributed by atoms with van der Waals surface area (Å²) >= 11 is 0. The van der Waals surface area contributed by atoms with Crippen molar-refractivity contribution in [2.24, 2.45) is 0 Å². The number of carboxylic acids is 1. The lowest BCUT2D eigenvalue weighted by Gasteiger charge is -2.20. The highest BCUT2D eigenvalue weighted by Gasteiger charge is 2.17. The van der Waals surface area contributed by atoms with Gasteiger partial charge in [0, 0.05) is 38.7 Å². The Labute approximate surface area is 124 Å². The number of carboxylic acid groups (broad SMARTS) is 1. The fourth-order valence-corrected chi connectivity index (χ4v) is 2.07. The Hall–Kier alpha value is -1.89. The van der Waals surface area contributed by atoms with E-state index in [1.807, 2.05) is 18.7 Å². The summed E-state index contributed by atoms with van der Waals surface area (Å²) in [6.45, 7) is 7.89. The number of aliphatic carboxylic acids is 1. The van der Waals surface area contributed by atoms with Crippen molar-refractivity contribution >= 4 is 11.7 Å². The first-order valence-corrected chi connectivity index (χ1v) is 7.19. The number of aryl methyl sites for hydroxylation is 1. The standard InChI is InChI=1S/C14H23N3O4/c1-4-16(5-2)11-9-13(18)17(15-10-11)8-7-12(14(19)20)21-6-3/h9-10,12H,4-8H2,1-3H3,(H,19,20). The van der Waals surface area contributed by atoms with Crippen LogP contribution in [-0.4, -0.2) is 46.7 Å². The molecule has 118 valence electrons. The van der Waals surface area contributed by atoms with Gasteiger partial charge in [0.2, 0.25) is 0 Å². The van der Waals surface area contributed by atoms with Gasteiger partial charge in [-0.25, -0.2) is 9.48 Å². The number of rotatable bonds is 9. The van der Waals surface area contributed by atoms with E-state index in [4.69, 9.17) is 9.84 Å². The molecule has 0 spiro atoms. The van der Waals surface area contributed by atoms with Crippen molar-refractivity contribution in [1.82, 2.24) is 9.78 Å². The number of hydrogen-bond acceptors (Lipinski definition) is 5. The lowest BCUT2D eigenvalue weighted by molar-refractivity contribution is -0.150. The minimum absolute atomic E-state index is 0.209. The maximum absolute atomic E-state index is 12.0. The average Bonchev–Trinajstić information content (AvgIpc) is 2.46. The minimum Gasteiger partial charge on any atom is -0.479 e. The van der Waals surface area contributed by atoms with Crippen LogP contribution in [0.2, 0.25) is 0 Å². The smallest absolute Gasteiger partial charge is 0.332 e. The first-order valence-electron chi connectivity index (χ1n) is 7.19. The normalized spacial score (nSPS) is 12.1. The summed E-state index contributed by atoms with van der Waals surface area (Å²) in [7, 11) is 0. The van der Waals surface area contributed by atoms with Crippen LogP contribution in [0.1, 0.15) is 27.2 Å². The van der Waals surface area contributed by atoms with E-state index in [0.29, 0.717) is 6.61 Å². The summed E-state index contributed by atoms with van der Waals surface area (Å²) in [6.07, 6.45) is 0.928. The highest BCUT2D eigenvalue weighted by atomic mass is 16.5. The van der Waals surface area contributed by atoms with Gasteiger partial charge in [-0.05, 0) is 20.8 Å². The number of hydrogen-bond donors (Lipinski definition) is 1. The van der Waals surface area contributed by atoms with Crippen molar-refractivity contribution < 1.29 is 14.6 Å². The Balaban J connectivity index is 2.77. The first-order chi connectivity index (χ1) is 10.0. The fraction of sp³-hybridized carbons (Fsp3) is 0.643. The summed E-state index contributed by atoms with van der Waals surface area (Å²) in [5, 5.41) is 13.1. The SMILES string of the molecule is CCOC(CCn1ncc(N(CC)CC)cc1=O)C(=O)O. The van der Waals surface area contributed by atoms with Gasteiger partial charge >= 0.3 is 5.97 Å². The predicted octanol–water partition coefficient (Wildman–Crippen LogP) is 0.969. The average molecular weight is 297 g/mol. The Bertz CT molecular complexity index is 511. The molecule has 1 heterocycles. The summed E-state index contributed by atoms with van der Waals surface area (Å²) < 4.78 is 6.38. The van der Waals surface area contributed by atoms with Crippen LogP contribution in [0.4, 0.5) is 5.69 Å². The number of carbonyl (C=O) groups is 1. The summed E-state index contributed by atoms with van der Waals surface area (Å²) in [6, 6.07) is 1.52. The van der Waals surface area contributed by atoms with Crippen molar-refractivity contribution in [3.63, 3.8) is 0 Å². The molecule has 0 bridgehead atoms. The van der Waals surface area contributed by atoms with Crippen LogP contribution in [0.15, 0.2) is 17.1 Å². The molecule has 1 N–H and O–H groups in total. The van der Waals surface area contributed by atoms with Crippen molar-refractivity contribution in [2.45, 2.75) is 39.8 Å². The Morgan fingerprint density at radius 3 is 2.57 bits per heavy atom. The van der Waals surface area contributed by atoms with Gasteiger partial charge in [-0.15, -0.1) is 0 Å². The topological polar surface area (TPSA) is 84.7 Å². The predicted molar refractivity (Wildman–Crippen MR) is 79.7 cm³/mol. The van der Waals surface area contributed by atoms with Gasteiger partial charge in [-0.1, -0.05) is 0 Å². The number of ether oxygens (including phenoxy) is 1. The van der Waals surface area contributed by atoms with Gasteiger partial charge < -0.3 is 14.7 Å². The molecule has 1 aromatic rings. The van der Waals surface area contributed by atoms with E-state index in [9.17, 15) is 9.59 Å². The highest BCUT2D eigenvalue weighted by molar-refractivity contribution is 5.72. The molecule has 0 aliphatic carbocycles. The van der Waals surface area contributed by atoms with Crippen LogP contribution < -0.4 is 10.5 Å². The first kappa shape index (κ1) is 17.2. The molecule has 0 fully saturated rings. The maximum atomic E-state index is 12.0. The zero-order chi connectivity index (χ0) is 15.8. The Morgan fingerprint density at radius 2 is 2.10 bits per heavy atom. The third kappa shape index (κ3) is 4.86. The van der Waals surface area contributed by atoms with Crippen LogP contribution in [0.25, 0.3) is 0 Å². The zero-order valence-corrected chi connectivity index (χ0v) is 12.8. The maximum Gasteiger partial charge on any atom is 0.332 e. The molecule has 7 nitrogen and oxygen atoms in total. The second kappa shape index (κ2) is 8.41. The van der Waals surface area contributed by atoms with E-state index in [2.05, 4.69) is 5.10 Å². The number of anilines is 1. The van der Waals surface area contributed by atoms with Gasteiger partial charge in [-0.3, -0.25) is 4.79 Å². The third-order valence-electron chi connectivity index (χ3n) is 3.23. The molecule has 1 aromatic heterocycles. The minimum atomic E-state index is -1.02. The lowest BCUT2D eigenvalue weighted by Crippen LogP contribution is -2.31. The van der Waals surface area contributed by atoms with E-state index < -0.39 is 12.1 Å². The molecule has 0 radical (unpaired) electrons. The number of nitrogens with zero attached hydrogens (tertiary/aromatic N) is 3. The van der Waals surface area contributed by atoms with E-state index >= 15 is 0 Å². The summed E-state index contributed by atoms with van der Waals surface area (Å²) in [4.78, 5) is 25.0. The highest BCUT2D eigenvalue weighted by Crippen LogP contribution is 2.08. The molecule has 0 saturated heterocycles. The zero-order valence-electron chi connectivity index (χ0n) is 12.8. The van der Waals surface area contributed by atoms with Crippen molar-refractivity contribution in [2.75, 3.05) is 24.6 Å². The fourth-order valence-electron chi connectivity index (χ4n) is 2.07. The van der Waals surface area contributed by atoms with Gasteiger partial charge in [0.15, 0.2) is 6.10 Å². The molecular formula is C14H23N3O4. The van der Waals surface area contributed by atoms with Crippen LogP contribution in [0.5, 0.6) is 0 Å². The molecule has 7 heteroatoms. The number of aromatic nitrogens is 2. The monoisotopic (exact) mass is 297 g/mol. The van der Waals surface area contributed by atoms with Crippen LogP contribution >= 0.6 is 0 Å². The van der Waals surface area contributed by atoms with Crippen molar-refractivity contribution in [1.29, 1.82) is 0 Å². The largest absolute Gasteiger partial charge is 0.479 e. The van der Waals surface area contributed by atoms with Crippen LogP contribution in [0, 0.1) is 0 Å². The molecule has 0 saturated carbocycles. The van der Waals surface area contributed by atoms with E-state index in [-0.39, 0.29) is 18.5 Å². The summed E-state index contributed by atoms with van der Waals surface area (Å²) in [5.41, 5.74) is 0.542. The Morgan fingerprint density at radius 1 is 1.43 bits per heavy atom. The molecule has 1 rings (SSSR count). The second-order valence-electron chi connectivity index (χ2n) is 4.52. The molecule has 1 unspecified atom stereocenters.